The van der Waals surface area contributed by atoms with Crippen molar-refractivity contribution in [3.05, 3.63) is 42.6 Å². The highest BCUT2D eigenvalue weighted by molar-refractivity contribution is 5.87. The van der Waals surface area contributed by atoms with Gasteiger partial charge in [0.15, 0.2) is 0 Å². The van der Waals surface area contributed by atoms with Crippen LogP contribution >= 0.6 is 0 Å². The molecule has 5 heteroatoms. The first-order valence-electron chi connectivity index (χ1n) is 6.48. The number of fused-ring (bicyclic) bond motifs is 1. The summed E-state index contributed by atoms with van der Waals surface area (Å²) in [5.41, 5.74) is 7.41. The van der Waals surface area contributed by atoms with Gasteiger partial charge in [0.2, 0.25) is 0 Å². The molecule has 0 bridgehead atoms. The molecule has 3 rings (SSSR count). The van der Waals surface area contributed by atoms with Gasteiger partial charge in [-0.3, -0.25) is 4.68 Å². The molecule has 3 aromatic rings. The minimum Gasteiger partial charge on any atom is -0.497 e. The first-order valence-corrected chi connectivity index (χ1v) is 6.48. The molecule has 0 aliphatic carbocycles. The van der Waals surface area contributed by atoms with Gasteiger partial charge in [-0.2, -0.15) is 0 Å². The van der Waals surface area contributed by atoms with Crippen molar-refractivity contribution in [1.29, 1.82) is 0 Å². The van der Waals surface area contributed by atoms with Crippen LogP contribution in [0.5, 0.6) is 5.75 Å². The molecule has 102 valence electrons. The second kappa shape index (κ2) is 5.30. The normalized spacial score (nSPS) is 10.9. The number of ether oxygens (including phenoxy) is 1. The summed E-state index contributed by atoms with van der Waals surface area (Å²) in [6.07, 6.45) is 1.91. The quantitative estimate of drug-likeness (QED) is 0.786. The molecule has 2 N–H and O–H groups in total. The van der Waals surface area contributed by atoms with E-state index in [4.69, 9.17) is 10.5 Å². The fourth-order valence-electron chi connectivity index (χ4n) is 2.18. The highest BCUT2D eigenvalue weighted by atomic mass is 16.5. The number of nitrogens with zero attached hydrogens (tertiary/aromatic N) is 3. The van der Waals surface area contributed by atoms with Gasteiger partial charge in [0.05, 0.1) is 19.9 Å². The van der Waals surface area contributed by atoms with Crippen molar-refractivity contribution in [2.45, 2.75) is 6.54 Å². The zero-order valence-electron chi connectivity index (χ0n) is 11.3. The molecule has 0 saturated heterocycles. The molecule has 0 unspecified atom stereocenters. The maximum absolute atomic E-state index is 5.51. The van der Waals surface area contributed by atoms with E-state index in [0.29, 0.717) is 13.1 Å². The molecule has 0 aliphatic heterocycles. The highest BCUT2D eigenvalue weighted by Gasteiger charge is 2.05. The molecule has 20 heavy (non-hydrogen) atoms. The number of methoxy groups -OCH3 is 1. The van der Waals surface area contributed by atoms with Crippen LogP contribution in [0.2, 0.25) is 0 Å². The highest BCUT2D eigenvalue weighted by Crippen LogP contribution is 2.25. The lowest BCUT2D eigenvalue weighted by Gasteiger charge is -2.04. The molecule has 1 aromatic heterocycles. The van der Waals surface area contributed by atoms with Gasteiger partial charge >= 0.3 is 0 Å². The summed E-state index contributed by atoms with van der Waals surface area (Å²) >= 11 is 0. The maximum atomic E-state index is 5.51. The van der Waals surface area contributed by atoms with Crippen LogP contribution in [0.15, 0.2) is 42.6 Å². The zero-order chi connectivity index (χ0) is 13.9. The molecule has 1 heterocycles. The van der Waals surface area contributed by atoms with Crippen molar-refractivity contribution in [3.8, 4) is 17.0 Å². The van der Waals surface area contributed by atoms with Crippen molar-refractivity contribution in [2.75, 3.05) is 13.7 Å². The molecule has 0 saturated carbocycles. The van der Waals surface area contributed by atoms with Gasteiger partial charge < -0.3 is 10.5 Å². The van der Waals surface area contributed by atoms with E-state index in [-0.39, 0.29) is 0 Å². The average Bonchev–Trinajstić information content (AvgIpc) is 2.95. The number of hydrogen-bond acceptors (Lipinski definition) is 4. The maximum Gasteiger partial charge on any atom is 0.119 e. The molecule has 5 nitrogen and oxygen atoms in total. The Labute approximate surface area is 117 Å². The van der Waals surface area contributed by atoms with Gasteiger partial charge in [-0.05, 0) is 29.0 Å². The number of hydrogen-bond donors (Lipinski definition) is 1. The molecule has 0 fully saturated rings. The smallest absolute Gasteiger partial charge is 0.119 e. The fourth-order valence-corrected chi connectivity index (χ4v) is 2.18. The lowest BCUT2D eigenvalue weighted by atomic mass is 10.1. The van der Waals surface area contributed by atoms with Crippen LogP contribution in [0.25, 0.3) is 22.0 Å². The van der Waals surface area contributed by atoms with Gasteiger partial charge in [0.1, 0.15) is 11.4 Å². The summed E-state index contributed by atoms with van der Waals surface area (Å²) in [6.45, 7) is 1.23. The Bertz CT molecular complexity index is 736. The van der Waals surface area contributed by atoms with Crippen LogP contribution in [0, 0.1) is 0 Å². The molecular weight excluding hydrogens is 252 g/mol. The van der Waals surface area contributed by atoms with Crippen LogP contribution < -0.4 is 10.5 Å². The van der Waals surface area contributed by atoms with E-state index < -0.39 is 0 Å². The van der Waals surface area contributed by atoms with Crippen LogP contribution in [0.3, 0.4) is 0 Å². The Morgan fingerprint density at radius 1 is 1.15 bits per heavy atom. The van der Waals surface area contributed by atoms with Crippen molar-refractivity contribution < 1.29 is 4.74 Å². The Morgan fingerprint density at radius 3 is 2.75 bits per heavy atom. The summed E-state index contributed by atoms with van der Waals surface area (Å²) in [6, 6.07) is 12.2. The third-order valence-corrected chi connectivity index (χ3v) is 3.24. The zero-order valence-corrected chi connectivity index (χ0v) is 11.3. The van der Waals surface area contributed by atoms with E-state index in [2.05, 4.69) is 22.4 Å². The van der Waals surface area contributed by atoms with Gasteiger partial charge in [-0.25, -0.2) is 0 Å². The Hall–Kier alpha value is -2.40. The van der Waals surface area contributed by atoms with Gasteiger partial charge in [0.25, 0.3) is 0 Å². The van der Waals surface area contributed by atoms with Crippen molar-refractivity contribution in [3.63, 3.8) is 0 Å². The Morgan fingerprint density at radius 2 is 1.95 bits per heavy atom. The van der Waals surface area contributed by atoms with Crippen LogP contribution in [-0.4, -0.2) is 28.6 Å². The summed E-state index contributed by atoms with van der Waals surface area (Å²) < 4.78 is 6.99. The molecular formula is C15H16N4O. The minimum absolute atomic E-state index is 0.556. The van der Waals surface area contributed by atoms with Crippen LogP contribution in [-0.2, 0) is 6.54 Å². The first-order chi connectivity index (χ1) is 9.80. The second-order valence-electron chi connectivity index (χ2n) is 4.58. The summed E-state index contributed by atoms with van der Waals surface area (Å²) in [5.74, 6) is 0.860. The number of rotatable bonds is 4. The predicted molar refractivity (Wildman–Crippen MR) is 78.6 cm³/mol. The third kappa shape index (κ3) is 2.35. The van der Waals surface area contributed by atoms with Crippen molar-refractivity contribution >= 4 is 10.8 Å². The lowest BCUT2D eigenvalue weighted by Crippen LogP contribution is -2.10. The Kier molecular flexibility index (Phi) is 3.35. The third-order valence-electron chi connectivity index (χ3n) is 3.24. The summed E-state index contributed by atoms with van der Waals surface area (Å²) in [5, 5.41) is 10.5. The van der Waals surface area contributed by atoms with E-state index in [1.807, 2.05) is 30.5 Å². The number of nitrogens with two attached hydrogens (primary N) is 1. The molecule has 0 spiro atoms. The standard InChI is InChI=1S/C15H16N4O/c1-20-14-5-4-11-8-13(3-2-12(11)9-14)15-10-19(7-6-16)18-17-15/h2-5,8-10H,6-7,16H2,1H3. The van der Waals surface area contributed by atoms with Crippen molar-refractivity contribution in [2.24, 2.45) is 5.73 Å². The fraction of sp³-hybridized carbons (Fsp3) is 0.200. The van der Waals surface area contributed by atoms with E-state index in [9.17, 15) is 0 Å². The van der Waals surface area contributed by atoms with Gasteiger partial charge in [-0.15, -0.1) is 5.10 Å². The topological polar surface area (TPSA) is 66.0 Å². The van der Waals surface area contributed by atoms with Gasteiger partial charge in [-0.1, -0.05) is 23.4 Å². The lowest BCUT2D eigenvalue weighted by molar-refractivity contribution is 0.415. The van der Waals surface area contributed by atoms with E-state index in [0.717, 1.165) is 27.8 Å². The first kappa shape index (κ1) is 12.6. The van der Waals surface area contributed by atoms with Crippen molar-refractivity contribution in [1.82, 2.24) is 15.0 Å². The van der Waals surface area contributed by atoms with Crippen LogP contribution in [0.4, 0.5) is 0 Å². The van der Waals surface area contributed by atoms with E-state index >= 15 is 0 Å². The number of aromatic nitrogens is 3. The molecule has 0 amide bonds. The molecule has 0 aliphatic rings. The second-order valence-corrected chi connectivity index (χ2v) is 4.58. The minimum atomic E-state index is 0.556. The SMILES string of the molecule is COc1ccc2cc(-c3cn(CCN)nn3)ccc2c1. The van der Waals surface area contributed by atoms with E-state index in [1.54, 1.807) is 11.8 Å². The summed E-state index contributed by atoms with van der Waals surface area (Å²) in [4.78, 5) is 0. The van der Waals surface area contributed by atoms with Crippen LogP contribution in [0.1, 0.15) is 0 Å². The summed E-state index contributed by atoms with van der Waals surface area (Å²) in [7, 11) is 1.67. The molecule has 0 radical (unpaired) electrons. The van der Waals surface area contributed by atoms with Gasteiger partial charge in [0, 0.05) is 12.1 Å². The Balaban J connectivity index is 1.99. The number of benzene rings is 2. The van der Waals surface area contributed by atoms with E-state index in [1.165, 1.54) is 0 Å². The average molecular weight is 268 g/mol. The largest absolute Gasteiger partial charge is 0.497 e. The molecule has 2 aromatic carbocycles. The monoisotopic (exact) mass is 268 g/mol. The molecule has 0 atom stereocenters. The predicted octanol–water partition coefficient (Wildman–Crippen LogP) is 2.07.